The highest BCUT2D eigenvalue weighted by atomic mass is 19.1. The monoisotopic (exact) mass is 284 g/mol. The Bertz CT molecular complexity index is 664. The average Bonchev–Trinajstić information content (AvgIpc) is 2.52. The SMILES string of the molecule is CC(NCc1ccccc1CO)c1ccc(C#N)cc1F. The van der Waals surface area contributed by atoms with Gasteiger partial charge in [-0.15, -0.1) is 0 Å². The molecule has 0 fully saturated rings. The van der Waals surface area contributed by atoms with E-state index in [0.717, 1.165) is 11.1 Å². The molecule has 2 aromatic carbocycles. The van der Waals surface area contributed by atoms with Gasteiger partial charge in [0.2, 0.25) is 0 Å². The van der Waals surface area contributed by atoms with E-state index in [1.807, 2.05) is 37.3 Å². The van der Waals surface area contributed by atoms with Crippen molar-refractivity contribution in [2.45, 2.75) is 26.1 Å². The third-order valence-electron chi connectivity index (χ3n) is 3.48. The summed E-state index contributed by atoms with van der Waals surface area (Å²) in [5.74, 6) is -0.385. The number of nitriles is 1. The third-order valence-corrected chi connectivity index (χ3v) is 3.48. The number of aliphatic hydroxyl groups is 1. The highest BCUT2D eigenvalue weighted by Crippen LogP contribution is 2.19. The first-order valence-electron chi connectivity index (χ1n) is 6.76. The average molecular weight is 284 g/mol. The second-order valence-corrected chi connectivity index (χ2v) is 4.88. The lowest BCUT2D eigenvalue weighted by Gasteiger charge is -2.16. The van der Waals surface area contributed by atoms with Crippen LogP contribution in [0.5, 0.6) is 0 Å². The fourth-order valence-corrected chi connectivity index (χ4v) is 2.21. The van der Waals surface area contributed by atoms with Gasteiger partial charge in [0.1, 0.15) is 5.82 Å². The van der Waals surface area contributed by atoms with Crippen LogP contribution in [0.2, 0.25) is 0 Å². The van der Waals surface area contributed by atoms with Gasteiger partial charge < -0.3 is 10.4 Å². The maximum atomic E-state index is 13.9. The van der Waals surface area contributed by atoms with Crippen LogP contribution in [0.3, 0.4) is 0 Å². The van der Waals surface area contributed by atoms with Gasteiger partial charge in [-0.3, -0.25) is 0 Å². The van der Waals surface area contributed by atoms with E-state index in [2.05, 4.69) is 5.32 Å². The molecule has 0 aliphatic rings. The first-order chi connectivity index (χ1) is 10.2. The number of hydrogen-bond acceptors (Lipinski definition) is 3. The van der Waals surface area contributed by atoms with E-state index in [1.165, 1.54) is 6.07 Å². The summed E-state index contributed by atoms with van der Waals surface area (Å²) in [4.78, 5) is 0. The van der Waals surface area contributed by atoms with Crippen LogP contribution in [0, 0.1) is 17.1 Å². The minimum Gasteiger partial charge on any atom is -0.392 e. The first-order valence-corrected chi connectivity index (χ1v) is 6.76. The molecule has 0 saturated heterocycles. The Morgan fingerprint density at radius 3 is 2.57 bits per heavy atom. The van der Waals surface area contributed by atoms with Gasteiger partial charge in [0, 0.05) is 18.2 Å². The van der Waals surface area contributed by atoms with Crippen molar-refractivity contribution in [3.63, 3.8) is 0 Å². The van der Waals surface area contributed by atoms with Gasteiger partial charge in [0.25, 0.3) is 0 Å². The molecule has 3 nitrogen and oxygen atoms in total. The summed E-state index contributed by atoms with van der Waals surface area (Å²) in [7, 11) is 0. The van der Waals surface area contributed by atoms with E-state index in [9.17, 15) is 9.50 Å². The molecule has 0 heterocycles. The second kappa shape index (κ2) is 6.98. The number of nitrogens with zero attached hydrogens (tertiary/aromatic N) is 1. The van der Waals surface area contributed by atoms with Crippen LogP contribution in [0.15, 0.2) is 42.5 Å². The van der Waals surface area contributed by atoms with E-state index in [0.29, 0.717) is 17.7 Å². The molecular formula is C17H17FN2O. The summed E-state index contributed by atoms with van der Waals surface area (Å²) in [6.45, 7) is 2.39. The highest BCUT2D eigenvalue weighted by molar-refractivity contribution is 5.34. The van der Waals surface area contributed by atoms with Crippen molar-refractivity contribution in [1.29, 1.82) is 5.26 Å². The lowest BCUT2D eigenvalue weighted by atomic mass is 10.0. The predicted octanol–water partition coefficient (Wildman–Crippen LogP) is 3.04. The van der Waals surface area contributed by atoms with Gasteiger partial charge in [0.05, 0.1) is 18.2 Å². The fourth-order valence-electron chi connectivity index (χ4n) is 2.21. The maximum absolute atomic E-state index is 13.9. The van der Waals surface area contributed by atoms with Crippen LogP contribution in [0.4, 0.5) is 4.39 Å². The molecule has 1 unspecified atom stereocenters. The second-order valence-electron chi connectivity index (χ2n) is 4.88. The van der Waals surface area contributed by atoms with Crippen molar-refractivity contribution in [3.8, 4) is 6.07 Å². The Hall–Kier alpha value is -2.22. The predicted molar refractivity (Wildman–Crippen MR) is 78.7 cm³/mol. The lowest BCUT2D eigenvalue weighted by Crippen LogP contribution is -2.20. The normalized spacial score (nSPS) is 11.9. The molecule has 0 aliphatic heterocycles. The zero-order valence-electron chi connectivity index (χ0n) is 11.8. The molecule has 0 aromatic heterocycles. The van der Waals surface area contributed by atoms with E-state index in [-0.39, 0.29) is 18.5 Å². The minimum atomic E-state index is -0.385. The van der Waals surface area contributed by atoms with E-state index < -0.39 is 0 Å². The number of nitrogens with one attached hydrogen (secondary N) is 1. The zero-order valence-corrected chi connectivity index (χ0v) is 11.8. The molecule has 2 N–H and O–H groups in total. The Balaban J connectivity index is 2.08. The summed E-state index contributed by atoms with van der Waals surface area (Å²) in [5, 5.41) is 21.3. The van der Waals surface area contributed by atoms with Gasteiger partial charge >= 0.3 is 0 Å². The molecule has 0 spiro atoms. The van der Waals surface area contributed by atoms with Gasteiger partial charge in [-0.2, -0.15) is 5.26 Å². The van der Waals surface area contributed by atoms with Crippen molar-refractivity contribution >= 4 is 0 Å². The molecule has 0 radical (unpaired) electrons. The summed E-state index contributed by atoms with van der Waals surface area (Å²) in [6.07, 6.45) is 0. The maximum Gasteiger partial charge on any atom is 0.129 e. The topological polar surface area (TPSA) is 56.0 Å². The van der Waals surface area contributed by atoms with Gasteiger partial charge in [-0.25, -0.2) is 4.39 Å². The summed E-state index contributed by atoms with van der Waals surface area (Å²) in [6, 6.07) is 13.8. The Morgan fingerprint density at radius 2 is 1.95 bits per heavy atom. The molecule has 1 atom stereocenters. The number of aliphatic hydroxyl groups excluding tert-OH is 1. The number of hydrogen-bond donors (Lipinski definition) is 2. The Morgan fingerprint density at radius 1 is 1.24 bits per heavy atom. The summed E-state index contributed by atoms with van der Waals surface area (Å²) in [5.41, 5.74) is 2.68. The molecule has 0 bridgehead atoms. The van der Waals surface area contributed by atoms with E-state index in [4.69, 9.17) is 5.26 Å². The van der Waals surface area contributed by atoms with Crippen LogP contribution >= 0.6 is 0 Å². The van der Waals surface area contributed by atoms with Crippen molar-refractivity contribution in [2.75, 3.05) is 0 Å². The Labute approximate surface area is 123 Å². The van der Waals surface area contributed by atoms with Crippen LogP contribution in [0.25, 0.3) is 0 Å². The quantitative estimate of drug-likeness (QED) is 0.887. The summed E-state index contributed by atoms with van der Waals surface area (Å²) < 4.78 is 13.9. The molecule has 2 rings (SSSR count). The van der Waals surface area contributed by atoms with Crippen molar-refractivity contribution in [1.82, 2.24) is 5.32 Å². The molecule has 21 heavy (non-hydrogen) atoms. The van der Waals surface area contributed by atoms with E-state index >= 15 is 0 Å². The summed E-state index contributed by atoms with van der Waals surface area (Å²) >= 11 is 0. The van der Waals surface area contributed by atoms with Crippen LogP contribution < -0.4 is 5.32 Å². The fraction of sp³-hybridized carbons (Fsp3) is 0.235. The van der Waals surface area contributed by atoms with Gasteiger partial charge in [0.15, 0.2) is 0 Å². The number of halogens is 1. The number of rotatable bonds is 5. The largest absolute Gasteiger partial charge is 0.392 e. The smallest absolute Gasteiger partial charge is 0.129 e. The standard InChI is InChI=1S/C17H17FN2O/c1-12(16-7-6-13(9-19)8-17(16)18)20-10-14-4-2-3-5-15(14)11-21/h2-8,12,20-21H,10-11H2,1H3. The van der Waals surface area contributed by atoms with Gasteiger partial charge in [-0.05, 0) is 30.2 Å². The number of benzene rings is 2. The van der Waals surface area contributed by atoms with Crippen LogP contribution in [-0.4, -0.2) is 5.11 Å². The molecule has 4 heteroatoms. The molecule has 0 saturated carbocycles. The van der Waals surface area contributed by atoms with E-state index in [1.54, 1.807) is 12.1 Å². The van der Waals surface area contributed by atoms with Crippen LogP contribution in [0.1, 0.15) is 35.2 Å². The van der Waals surface area contributed by atoms with Crippen LogP contribution in [-0.2, 0) is 13.2 Å². The van der Waals surface area contributed by atoms with Gasteiger partial charge in [-0.1, -0.05) is 30.3 Å². The minimum absolute atomic E-state index is 0.0164. The molecular weight excluding hydrogens is 267 g/mol. The molecule has 2 aromatic rings. The molecule has 0 amide bonds. The highest BCUT2D eigenvalue weighted by Gasteiger charge is 2.11. The van der Waals surface area contributed by atoms with Crippen molar-refractivity contribution < 1.29 is 9.50 Å². The van der Waals surface area contributed by atoms with Crippen molar-refractivity contribution in [3.05, 3.63) is 70.5 Å². The first kappa shape index (κ1) is 15.2. The molecule has 0 aliphatic carbocycles. The van der Waals surface area contributed by atoms with Crippen molar-refractivity contribution in [2.24, 2.45) is 0 Å². The lowest BCUT2D eigenvalue weighted by molar-refractivity contribution is 0.280. The zero-order chi connectivity index (χ0) is 15.2. The third kappa shape index (κ3) is 3.66. The Kier molecular flexibility index (Phi) is 5.04. The molecule has 108 valence electrons.